The highest BCUT2D eigenvalue weighted by Gasteiger charge is 2.22. The molecule has 2 aromatic carbocycles. The van der Waals surface area contributed by atoms with Crippen LogP contribution in [0.25, 0.3) is 0 Å². The van der Waals surface area contributed by atoms with E-state index in [0.29, 0.717) is 11.3 Å². The molecule has 0 atom stereocenters. The molecule has 0 unspecified atom stereocenters. The van der Waals surface area contributed by atoms with Crippen molar-refractivity contribution >= 4 is 27.6 Å². The Morgan fingerprint density at radius 2 is 1.70 bits per heavy atom. The molecule has 2 rings (SSSR count). The molecule has 0 saturated heterocycles. The first-order valence-corrected chi connectivity index (χ1v) is 9.83. The van der Waals surface area contributed by atoms with Crippen LogP contribution in [-0.4, -0.2) is 43.4 Å². The number of benzene rings is 2. The number of aryl methyl sites for hydroxylation is 2. The third-order valence-electron chi connectivity index (χ3n) is 4.05. The van der Waals surface area contributed by atoms with Crippen molar-refractivity contribution in [2.75, 3.05) is 17.8 Å². The van der Waals surface area contributed by atoms with Crippen molar-refractivity contribution in [3.05, 3.63) is 59.2 Å². The van der Waals surface area contributed by atoms with Gasteiger partial charge in [0.25, 0.3) is 15.9 Å². The SMILES string of the molecule is CCN(CC(=O)O)C(=O)c1cc(S(=O)(=O)Nc2ccc(C)cc2)ccc1C. The Hall–Kier alpha value is -2.87. The monoisotopic (exact) mass is 390 g/mol. The molecule has 2 N–H and O–H groups in total. The third-order valence-corrected chi connectivity index (χ3v) is 5.43. The quantitative estimate of drug-likeness (QED) is 0.756. The van der Waals surface area contributed by atoms with E-state index < -0.39 is 28.4 Å². The van der Waals surface area contributed by atoms with E-state index in [9.17, 15) is 18.0 Å². The summed E-state index contributed by atoms with van der Waals surface area (Å²) in [4.78, 5) is 24.7. The number of carboxylic acids is 1. The molecule has 0 radical (unpaired) electrons. The summed E-state index contributed by atoms with van der Waals surface area (Å²) in [6.45, 7) is 4.98. The van der Waals surface area contributed by atoms with Crippen LogP contribution in [0.15, 0.2) is 47.4 Å². The molecule has 8 heteroatoms. The molecule has 0 aliphatic rings. The number of carbonyl (C=O) groups is 2. The predicted octanol–water partition coefficient (Wildman–Crippen LogP) is 2.65. The van der Waals surface area contributed by atoms with E-state index >= 15 is 0 Å². The topological polar surface area (TPSA) is 104 Å². The molecule has 0 aromatic heterocycles. The number of carboxylic acid groups (broad SMARTS) is 1. The second-order valence-electron chi connectivity index (χ2n) is 6.16. The highest BCUT2D eigenvalue weighted by Crippen LogP contribution is 2.21. The van der Waals surface area contributed by atoms with Gasteiger partial charge in [0.2, 0.25) is 0 Å². The number of nitrogens with zero attached hydrogens (tertiary/aromatic N) is 1. The number of hydrogen-bond donors (Lipinski definition) is 2. The summed E-state index contributed by atoms with van der Waals surface area (Å²) in [6, 6.07) is 11.1. The van der Waals surface area contributed by atoms with Gasteiger partial charge in [0, 0.05) is 17.8 Å². The van der Waals surface area contributed by atoms with Crippen LogP contribution in [0.4, 0.5) is 5.69 Å². The van der Waals surface area contributed by atoms with E-state index in [1.807, 2.05) is 6.92 Å². The molecular weight excluding hydrogens is 368 g/mol. The van der Waals surface area contributed by atoms with Crippen molar-refractivity contribution < 1.29 is 23.1 Å². The number of anilines is 1. The molecule has 2 aromatic rings. The van der Waals surface area contributed by atoms with Crippen molar-refractivity contribution in [1.82, 2.24) is 4.90 Å². The van der Waals surface area contributed by atoms with E-state index in [2.05, 4.69) is 4.72 Å². The van der Waals surface area contributed by atoms with Gasteiger partial charge in [0.05, 0.1) is 4.90 Å². The van der Waals surface area contributed by atoms with Gasteiger partial charge >= 0.3 is 5.97 Å². The highest BCUT2D eigenvalue weighted by atomic mass is 32.2. The molecule has 0 saturated carbocycles. The molecule has 0 fully saturated rings. The predicted molar refractivity (Wildman–Crippen MR) is 102 cm³/mol. The maximum atomic E-state index is 12.7. The highest BCUT2D eigenvalue weighted by molar-refractivity contribution is 7.92. The average molecular weight is 390 g/mol. The molecule has 0 heterocycles. The lowest BCUT2D eigenvalue weighted by Gasteiger charge is -2.20. The van der Waals surface area contributed by atoms with E-state index in [1.54, 1.807) is 38.1 Å². The molecule has 27 heavy (non-hydrogen) atoms. The van der Waals surface area contributed by atoms with Gasteiger partial charge in [0.15, 0.2) is 0 Å². The number of likely N-dealkylation sites (N-methyl/N-ethyl adjacent to an activating group) is 1. The summed E-state index contributed by atoms with van der Waals surface area (Å²) in [5.41, 5.74) is 2.14. The average Bonchev–Trinajstić information content (AvgIpc) is 2.61. The van der Waals surface area contributed by atoms with Crippen LogP contribution in [0.2, 0.25) is 0 Å². The normalized spacial score (nSPS) is 11.1. The number of sulfonamides is 1. The maximum Gasteiger partial charge on any atom is 0.323 e. The zero-order chi connectivity index (χ0) is 20.2. The Morgan fingerprint density at radius 3 is 2.26 bits per heavy atom. The van der Waals surface area contributed by atoms with E-state index in [-0.39, 0.29) is 17.0 Å². The number of hydrogen-bond acceptors (Lipinski definition) is 4. The first kappa shape index (κ1) is 20.4. The minimum Gasteiger partial charge on any atom is -0.480 e. The molecule has 0 aliphatic heterocycles. The molecule has 144 valence electrons. The summed E-state index contributed by atoms with van der Waals surface area (Å²) in [5.74, 6) is -1.66. The third kappa shape index (κ3) is 5.07. The smallest absolute Gasteiger partial charge is 0.323 e. The number of carbonyl (C=O) groups excluding carboxylic acids is 1. The summed E-state index contributed by atoms with van der Waals surface area (Å²) in [6.07, 6.45) is 0. The van der Waals surface area contributed by atoms with E-state index in [0.717, 1.165) is 10.5 Å². The lowest BCUT2D eigenvalue weighted by Crippen LogP contribution is -2.36. The lowest BCUT2D eigenvalue weighted by atomic mass is 10.1. The van der Waals surface area contributed by atoms with Crippen molar-refractivity contribution in [3.8, 4) is 0 Å². The van der Waals surface area contributed by atoms with Crippen LogP contribution in [-0.2, 0) is 14.8 Å². The zero-order valence-electron chi connectivity index (χ0n) is 15.4. The summed E-state index contributed by atoms with van der Waals surface area (Å²) >= 11 is 0. The minimum atomic E-state index is -3.89. The number of rotatable bonds is 7. The van der Waals surface area contributed by atoms with Crippen molar-refractivity contribution in [2.45, 2.75) is 25.7 Å². The van der Waals surface area contributed by atoms with Crippen LogP contribution >= 0.6 is 0 Å². The summed E-state index contributed by atoms with van der Waals surface area (Å²) < 4.78 is 27.8. The van der Waals surface area contributed by atoms with Gasteiger partial charge in [-0.2, -0.15) is 0 Å². The second-order valence-corrected chi connectivity index (χ2v) is 7.84. The van der Waals surface area contributed by atoms with E-state index in [4.69, 9.17) is 5.11 Å². The largest absolute Gasteiger partial charge is 0.480 e. The van der Waals surface area contributed by atoms with Crippen LogP contribution in [0.3, 0.4) is 0 Å². The summed E-state index contributed by atoms with van der Waals surface area (Å²) in [7, 11) is -3.89. The van der Waals surface area contributed by atoms with Crippen LogP contribution < -0.4 is 4.72 Å². The molecule has 7 nitrogen and oxygen atoms in total. The number of aliphatic carboxylic acids is 1. The first-order chi connectivity index (χ1) is 12.6. The minimum absolute atomic E-state index is 0.0663. The Balaban J connectivity index is 2.36. The van der Waals surface area contributed by atoms with Crippen LogP contribution in [0.5, 0.6) is 0 Å². The lowest BCUT2D eigenvalue weighted by molar-refractivity contribution is -0.137. The van der Waals surface area contributed by atoms with Gasteiger partial charge in [0.1, 0.15) is 6.54 Å². The molecule has 0 spiro atoms. The fourth-order valence-electron chi connectivity index (χ4n) is 2.50. The molecule has 0 bridgehead atoms. The Labute approximate surface area is 158 Å². The van der Waals surface area contributed by atoms with Gasteiger partial charge in [-0.1, -0.05) is 23.8 Å². The van der Waals surface area contributed by atoms with Crippen LogP contribution in [0, 0.1) is 13.8 Å². The molecule has 0 aliphatic carbocycles. The zero-order valence-corrected chi connectivity index (χ0v) is 16.2. The Morgan fingerprint density at radius 1 is 1.07 bits per heavy atom. The molecule has 1 amide bonds. The van der Waals surface area contributed by atoms with Gasteiger partial charge < -0.3 is 10.0 Å². The van der Waals surface area contributed by atoms with Crippen LogP contribution in [0.1, 0.15) is 28.4 Å². The standard InChI is InChI=1S/C19H22N2O5S/c1-4-21(12-18(22)23)19(24)17-11-16(10-7-14(17)3)27(25,26)20-15-8-5-13(2)6-9-15/h5-11,20H,4,12H2,1-3H3,(H,22,23). The van der Waals surface area contributed by atoms with Crippen molar-refractivity contribution in [2.24, 2.45) is 0 Å². The summed E-state index contributed by atoms with van der Waals surface area (Å²) in [5, 5.41) is 8.95. The van der Waals surface area contributed by atoms with E-state index in [1.165, 1.54) is 18.2 Å². The second kappa shape index (κ2) is 8.22. The number of amides is 1. The fraction of sp³-hybridized carbons (Fsp3) is 0.263. The molecular formula is C19H22N2O5S. The Bertz CT molecular complexity index is 953. The van der Waals surface area contributed by atoms with Gasteiger partial charge in [-0.25, -0.2) is 8.42 Å². The fourth-order valence-corrected chi connectivity index (χ4v) is 3.58. The van der Waals surface area contributed by atoms with Crippen molar-refractivity contribution in [1.29, 1.82) is 0 Å². The van der Waals surface area contributed by atoms with Crippen molar-refractivity contribution in [3.63, 3.8) is 0 Å². The van der Waals surface area contributed by atoms with Gasteiger partial charge in [-0.15, -0.1) is 0 Å². The van der Waals surface area contributed by atoms with Gasteiger partial charge in [-0.05, 0) is 50.6 Å². The number of nitrogens with one attached hydrogen (secondary N) is 1. The maximum absolute atomic E-state index is 12.7. The Kier molecular flexibility index (Phi) is 6.22. The van der Waals surface area contributed by atoms with Gasteiger partial charge in [-0.3, -0.25) is 14.3 Å². The first-order valence-electron chi connectivity index (χ1n) is 8.35.